The van der Waals surface area contributed by atoms with E-state index in [0.717, 1.165) is 74.4 Å². The van der Waals surface area contributed by atoms with Gasteiger partial charge in [-0.2, -0.15) is 10.4 Å². The fourth-order valence-electron chi connectivity index (χ4n) is 7.30. The van der Waals surface area contributed by atoms with Crippen LogP contribution in [0.5, 0.6) is 11.5 Å². The van der Waals surface area contributed by atoms with Crippen molar-refractivity contribution in [3.8, 4) is 39.8 Å². The van der Waals surface area contributed by atoms with E-state index in [1.54, 1.807) is 16.8 Å². The maximum atomic E-state index is 14.0. The average Bonchev–Trinajstić information content (AvgIpc) is 3.99. The van der Waals surface area contributed by atoms with Gasteiger partial charge in [-0.25, -0.2) is 4.39 Å². The number of rotatable bonds is 14. The molecule has 6 heterocycles. The first kappa shape index (κ1) is 43.1. The van der Waals surface area contributed by atoms with Crippen LogP contribution < -0.4 is 9.47 Å². The number of fused-ring (bicyclic) bond motifs is 2. The summed E-state index contributed by atoms with van der Waals surface area (Å²) in [6.07, 6.45) is 5.36. The molecule has 8 aromatic rings. The lowest BCUT2D eigenvalue weighted by molar-refractivity contribution is 0.318. The largest absolute Gasteiger partial charge is 0.493 e. The molecule has 0 N–H and O–H groups in total. The molecule has 0 fully saturated rings. The molecular formula is C45H51FN14O2. The second kappa shape index (κ2) is 18.7. The second-order valence-electron chi connectivity index (χ2n) is 15.7. The summed E-state index contributed by atoms with van der Waals surface area (Å²) in [5.41, 5.74) is 11.0. The van der Waals surface area contributed by atoms with Crippen molar-refractivity contribution in [1.82, 2.24) is 63.8 Å². The lowest BCUT2D eigenvalue weighted by atomic mass is 10.0. The lowest BCUT2D eigenvalue weighted by Crippen LogP contribution is -2.13. The molecule has 0 bridgehead atoms. The Morgan fingerprint density at radius 3 is 1.74 bits per heavy atom. The molecule has 320 valence electrons. The van der Waals surface area contributed by atoms with Gasteiger partial charge in [0.2, 0.25) is 0 Å². The van der Waals surface area contributed by atoms with Gasteiger partial charge in [-0.05, 0) is 109 Å². The minimum absolute atomic E-state index is 0.342. The summed E-state index contributed by atoms with van der Waals surface area (Å²) >= 11 is 0. The van der Waals surface area contributed by atoms with Crippen LogP contribution in [0, 0.1) is 37.9 Å². The predicted molar refractivity (Wildman–Crippen MR) is 233 cm³/mol. The highest BCUT2D eigenvalue weighted by atomic mass is 19.1. The molecular weight excluding hydrogens is 788 g/mol. The first-order valence-corrected chi connectivity index (χ1v) is 20.2. The number of nitriles is 1. The van der Waals surface area contributed by atoms with Crippen molar-refractivity contribution < 1.29 is 13.9 Å². The van der Waals surface area contributed by atoms with Gasteiger partial charge >= 0.3 is 0 Å². The minimum atomic E-state index is -0.342. The number of hydrogen-bond acceptors (Lipinski definition) is 12. The van der Waals surface area contributed by atoms with Crippen LogP contribution in [0.2, 0.25) is 0 Å². The highest BCUT2D eigenvalue weighted by molar-refractivity contribution is 5.73. The average molecular weight is 839 g/mol. The summed E-state index contributed by atoms with van der Waals surface area (Å²) in [6, 6.07) is 20.2. The third-order valence-corrected chi connectivity index (χ3v) is 10.5. The molecule has 0 saturated heterocycles. The molecule has 16 nitrogen and oxygen atoms in total. The molecule has 0 aliphatic heterocycles. The van der Waals surface area contributed by atoms with E-state index in [1.807, 2.05) is 123 Å². The minimum Gasteiger partial charge on any atom is -0.493 e. The van der Waals surface area contributed by atoms with Crippen molar-refractivity contribution in [2.24, 2.45) is 14.1 Å². The molecule has 8 rings (SSSR count). The van der Waals surface area contributed by atoms with Crippen LogP contribution in [0.25, 0.3) is 33.5 Å². The van der Waals surface area contributed by atoms with Crippen molar-refractivity contribution >= 4 is 11.3 Å². The Labute approximate surface area is 359 Å². The fourth-order valence-corrected chi connectivity index (χ4v) is 7.30. The molecule has 0 aliphatic rings. The predicted octanol–water partition coefficient (Wildman–Crippen LogP) is 5.96. The number of ether oxygens (including phenoxy) is 2. The monoisotopic (exact) mass is 838 g/mol. The molecule has 2 aromatic carbocycles. The Kier molecular flexibility index (Phi) is 13.0. The van der Waals surface area contributed by atoms with E-state index in [-0.39, 0.29) is 5.82 Å². The van der Waals surface area contributed by atoms with Gasteiger partial charge in [-0.15, -0.1) is 25.5 Å². The van der Waals surface area contributed by atoms with Gasteiger partial charge in [0.1, 0.15) is 17.3 Å². The third kappa shape index (κ3) is 9.62. The van der Waals surface area contributed by atoms with Gasteiger partial charge in [-0.3, -0.25) is 18.2 Å². The summed E-state index contributed by atoms with van der Waals surface area (Å²) in [4.78, 5) is 4.09. The van der Waals surface area contributed by atoms with Crippen molar-refractivity contribution in [2.45, 2.75) is 46.7 Å². The second-order valence-corrected chi connectivity index (χ2v) is 15.7. The quantitative estimate of drug-likeness (QED) is 0.127. The fraction of sp³-hybridized carbons (Fsp3) is 0.333. The third-order valence-electron chi connectivity index (χ3n) is 10.5. The number of hydrogen-bond donors (Lipinski definition) is 0. The highest BCUT2D eigenvalue weighted by Gasteiger charge is 2.16. The molecule has 62 heavy (non-hydrogen) atoms. The number of aryl methyl sites for hydroxylation is 4. The summed E-state index contributed by atoms with van der Waals surface area (Å²) < 4.78 is 33.7. The van der Waals surface area contributed by atoms with Gasteiger partial charge < -0.3 is 19.3 Å². The van der Waals surface area contributed by atoms with Gasteiger partial charge in [-0.1, -0.05) is 5.21 Å². The van der Waals surface area contributed by atoms with Crippen LogP contribution in [-0.4, -0.2) is 105 Å². The SMILES string of the molecule is Cc1nn(C)c(C)c1CCOc1cc(C#N)ccc1-c1ccc2nnc(CN(C)C)n2c1.Cc1nnn(C)c1CCOc1cc(F)ccc1-c1ccc2nnc(CN(C)C)n2c1. The van der Waals surface area contributed by atoms with Gasteiger partial charge in [0, 0.05) is 73.3 Å². The maximum absolute atomic E-state index is 14.0. The molecule has 0 radical (unpaired) electrons. The van der Waals surface area contributed by atoms with Gasteiger partial charge in [0.25, 0.3) is 0 Å². The Hall–Kier alpha value is -7.03. The zero-order chi connectivity index (χ0) is 44.1. The normalized spacial score (nSPS) is 11.4. The summed E-state index contributed by atoms with van der Waals surface area (Å²) in [6.45, 7) is 8.23. The van der Waals surface area contributed by atoms with Crippen LogP contribution in [0.3, 0.4) is 0 Å². The van der Waals surface area contributed by atoms with Crippen LogP contribution in [0.1, 0.15) is 45.6 Å². The van der Waals surface area contributed by atoms with Crippen LogP contribution in [-0.2, 0) is 40.0 Å². The van der Waals surface area contributed by atoms with Crippen molar-refractivity contribution in [1.29, 1.82) is 5.26 Å². The van der Waals surface area contributed by atoms with E-state index in [0.29, 0.717) is 49.8 Å². The van der Waals surface area contributed by atoms with Gasteiger partial charge in [0.05, 0.1) is 55.0 Å². The van der Waals surface area contributed by atoms with Crippen molar-refractivity contribution in [3.05, 3.63) is 124 Å². The van der Waals surface area contributed by atoms with E-state index in [9.17, 15) is 9.65 Å². The van der Waals surface area contributed by atoms with Crippen LogP contribution in [0.15, 0.2) is 73.1 Å². The highest BCUT2D eigenvalue weighted by Crippen LogP contribution is 2.33. The molecule has 0 spiro atoms. The first-order chi connectivity index (χ1) is 29.8. The topological polar surface area (TPSA) is 158 Å². The summed E-state index contributed by atoms with van der Waals surface area (Å²) in [5.74, 6) is 2.53. The van der Waals surface area contributed by atoms with E-state index in [4.69, 9.17) is 9.47 Å². The molecule has 6 aromatic heterocycles. The molecule has 0 amide bonds. The number of halogens is 1. The van der Waals surface area contributed by atoms with Crippen LogP contribution in [0.4, 0.5) is 4.39 Å². The van der Waals surface area contributed by atoms with E-state index >= 15 is 0 Å². The number of benzene rings is 2. The Bertz CT molecular complexity index is 2860. The van der Waals surface area contributed by atoms with Crippen molar-refractivity contribution in [3.63, 3.8) is 0 Å². The maximum Gasteiger partial charge on any atom is 0.160 e. The zero-order valence-corrected chi connectivity index (χ0v) is 36.6. The molecule has 17 heteroatoms. The molecule has 0 aliphatic carbocycles. The zero-order valence-electron chi connectivity index (χ0n) is 36.6. The molecule has 0 unspecified atom stereocenters. The van der Waals surface area contributed by atoms with E-state index in [1.165, 1.54) is 17.7 Å². The van der Waals surface area contributed by atoms with Crippen LogP contribution >= 0.6 is 0 Å². The smallest absolute Gasteiger partial charge is 0.160 e. The Morgan fingerprint density at radius 2 is 1.23 bits per heavy atom. The van der Waals surface area contributed by atoms with E-state index in [2.05, 4.69) is 53.7 Å². The number of nitrogens with zero attached hydrogens (tertiary/aromatic N) is 14. The molecule has 0 saturated carbocycles. The standard InChI is InChI=1S/C24H27N7O.C21H24FN7O/c1-16-20(17(2)30(5)28-16)10-11-32-22-12-18(13-25)6-8-21(22)19-7-9-23-26-27-24(15-29(3)4)31(23)14-19;1-14-18(28(4)26-23-14)9-10-30-19-11-16(22)6-7-17(19)15-5-8-20-24-25-21(13-27(2)3)29(20)12-15/h6-9,12,14H,10-11,15H2,1-5H3;5-8,11-12H,9-10,13H2,1-4H3. The van der Waals surface area contributed by atoms with E-state index < -0.39 is 0 Å². The van der Waals surface area contributed by atoms with Gasteiger partial charge in [0.15, 0.2) is 22.9 Å². The lowest BCUT2D eigenvalue weighted by Gasteiger charge is -2.13. The molecule has 0 atom stereocenters. The number of aromatic nitrogens is 11. The van der Waals surface area contributed by atoms with Crippen molar-refractivity contribution in [2.75, 3.05) is 41.4 Å². The number of pyridine rings is 2. The summed E-state index contributed by atoms with van der Waals surface area (Å²) in [7, 11) is 11.8. The first-order valence-electron chi connectivity index (χ1n) is 20.2. The summed E-state index contributed by atoms with van der Waals surface area (Å²) in [5, 5.41) is 39.0. The Morgan fingerprint density at radius 1 is 0.661 bits per heavy atom. The Balaban J connectivity index is 0.000000187.